The number of hydrogen-bond acceptors (Lipinski definition) is 2. The van der Waals surface area contributed by atoms with Crippen molar-refractivity contribution in [2.45, 2.75) is 51.6 Å². The summed E-state index contributed by atoms with van der Waals surface area (Å²) < 4.78 is 5.52. The van der Waals surface area contributed by atoms with Crippen LogP contribution >= 0.6 is 11.6 Å². The van der Waals surface area contributed by atoms with Crippen molar-refractivity contribution in [1.29, 1.82) is 0 Å². The molecule has 0 aliphatic carbocycles. The molecule has 1 heterocycles. The van der Waals surface area contributed by atoms with Gasteiger partial charge in [0.2, 0.25) is 0 Å². The van der Waals surface area contributed by atoms with Gasteiger partial charge in [-0.3, -0.25) is 4.79 Å². The molecule has 2 atom stereocenters. The van der Waals surface area contributed by atoms with E-state index in [9.17, 15) is 4.79 Å². The van der Waals surface area contributed by atoms with Crippen LogP contribution in [0.3, 0.4) is 0 Å². The first kappa shape index (κ1) is 14.8. The normalized spacial score (nSPS) is 25.8. The lowest BCUT2D eigenvalue weighted by molar-refractivity contribution is -0.139. The standard InChI is InChI=1S/C13H24ClNO2/c1-3-5-11(6-8-14)10-15-12(16)13(2)7-4-9-17-13/h11H,3-10H2,1-2H3,(H,15,16). The molecule has 1 amide bonds. The minimum absolute atomic E-state index is 0.0330. The first-order chi connectivity index (χ1) is 8.12. The highest BCUT2D eigenvalue weighted by Gasteiger charge is 2.37. The maximum Gasteiger partial charge on any atom is 0.251 e. The quantitative estimate of drug-likeness (QED) is 0.716. The first-order valence-electron chi connectivity index (χ1n) is 6.60. The van der Waals surface area contributed by atoms with Gasteiger partial charge in [0, 0.05) is 19.0 Å². The van der Waals surface area contributed by atoms with Crippen molar-refractivity contribution < 1.29 is 9.53 Å². The number of rotatable bonds is 7. The zero-order valence-electron chi connectivity index (χ0n) is 10.9. The second-order valence-corrected chi connectivity index (χ2v) is 5.40. The van der Waals surface area contributed by atoms with Crippen LogP contribution in [0.25, 0.3) is 0 Å². The van der Waals surface area contributed by atoms with Crippen molar-refractivity contribution in [1.82, 2.24) is 5.32 Å². The molecule has 0 aromatic carbocycles. The van der Waals surface area contributed by atoms with Crippen LogP contribution in [0.2, 0.25) is 0 Å². The summed E-state index contributed by atoms with van der Waals surface area (Å²) in [5.41, 5.74) is -0.599. The Labute approximate surface area is 109 Å². The molecule has 1 fully saturated rings. The van der Waals surface area contributed by atoms with Crippen molar-refractivity contribution in [2.75, 3.05) is 19.0 Å². The predicted molar refractivity (Wildman–Crippen MR) is 70.3 cm³/mol. The summed E-state index contributed by atoms with van der Waals surface area (Å²) in [4.78, 5) is 12.0. The van der Waals surface area contributed by atoms with E-state index in [1.807, 2.05) is 6.92 Å². The van der Waals surface area contributed by atoms with E-state index >= 15 is 0 Å². The lowest BCUT2D eigenvalue weighted by atomic mass is 9.98. The fourth-order valence-electron chi connectivity index (χ4n) is 2.29. The van der Waals surface area contributed by atoms with Gasteiger partial charge < -0.3 is 10.1 Å². The van der Waals surface area contributed by atoms with Crippen LogP contribution in [0, 0.1) is 5.92 Å². The molecule has 0 aromatic heterocycles. The van der Waals surface area contributed by atoms with Crippen LogP contribution < -0.4 is 5.32 Å². The average Bonchev–Trinajstić information content (AvgIpc) is 2.74. The molecule has 1 rings (SSSR count). The molecule has 0 spiro atoms. The van der Waals surface area contributed by atoms with Crippen LogP contribution in [-0.2, 0) is 9.53 Å². The van der Waals surface area contributed by atoms with Gasteiger partial charge in [0.25, 0.3) is 5.91 Å². The monoisotopic (exact) mass is 261 g/mol. The summed E-state index contributed by atoms with van der Waals surface area (Å²) in [5.74, 6) is 1.19. The number of nitrogens with one attached hydrogen (secondary N) is 1. The van der Waals surface area contributed by atoms with Crippen molar-refractivity contribution in [2.24, 2.45) is 5.92 Å². The second-order valence-electron chi connectivity index (χ2n) is 5.03. The third kappa shape index (κ3) is 4.47. The minimum Gasteiger partial charge on any atom is -0.365 e. The molecule has 0 bridgehead atoms. The summed E-state index contributed by atoms with van der Waals surface area (Å²) in [5, 5.41) is 3.01. The number of carbonyl (C=O) groups excluding carboxylic acids is 1. The van der Waals surface area contributed by atoms with E-state index < -0.39 is 5.60 Å². The SMILES string of the molecule is CCCC(CCCl)CNC(=O)C1(C)CCCO1. The van der Waals surface area contributed by atoms with Gasteiger partial charge in [0.15, 0.2) is 0 Å². The van der Waals surface area contributed by atoms with Crippen molar-refractivity contribution >= 4 is 17.5 Å². The zero-order valence-corrected chi connectivity index (χ0v) is 11.7. The second kappa shape index (κ2) is 7.22. The van der Waals surface area contributed by atoms with Gasteiger partial charge in [-0.2, -0.15) is 0 Å². The summed E-state index contributed by atoms with van der Waals surface area (Å²) >= 11 is 5.76. The Kier molecular flexibility index (Phi) is 6.28. The topological polar surface area (TPSA) is 38.3 Å². The van der Waals surface area contributed by atoms with Gasteiger partial charge in [-0.25, -0.2) is 0 Å². The van der Waals surface area contributed by atoms with E-state index in [1.54, 1.807) is 0 Å². The van der Waals surface area contributed by atoms with E-state index in [4.69, 9.17) is 16.3 Å². The van der Waals surface area contributed by atoms with Gasteiger partial charge >= 0.3 is 0 Å². The number of ether oxygens (including phenoxy) is 1. The Morgan fingerprint density at radius 1 is 1.53 bits per heavy atom. The molecule has 1 saturated heterocycles. The lowest BCUT2D eigenvalue weighted by Crippen LogP contribution is -2.45. The number of amides is 1. The van der Waals surface area contributed by atoms with E-state index in [1.165, 1.54) is 0 Å². The van der Waals surface area contributed by atoms with Gasteiger partial charge in [-0.15, -0.1) is 11.6 Å². The highest BCUT2D eigenvalue weighted by molar-refractivity contribution is 6.17. The van der Waals surface area contributed by atoms with Gasteiger partial charge in [-0.1, -0.05) is 13.3 Å². The van der Waals surface area contributed by atoms with Gasteiger partial charge in [-0.05, 0) is 38.5 Å². The highest BCUT2D eigenvalue weighted by Crippen LogP contribution is 2.25. The van der Waals surface area contributed by atoms with Gasteiger partial charge in [0.05, 0.1) is 0 Å². The third-order valence-electron chi connectivity index (χ3n) is 3.46. The number of carbonyl (C=O) groups is 1. The number of alkyl halides is 1. The molecule has 1 aliphatic heterocycles. The molecule has 1 aliphatic rings. The molecule has 0 saturated carbocycles. The van der Waals surface area contributed by atoms with Crippen LogP contribution in [0.4, 0.5) is 0 Å². The zero-order chi connectivity index (χ0) is 12.7. The molecular formula is C13H24ClNO2. The highest BCUT2D eigenvalue weighted by atomic mass is 35.5. The van der Waals surface area contributed by atoms with Crippen LogP contribution in [-0.4, -0.2) is 30.5 Å². The molecule has 0 radical (unpaired) electrons. The van der Waals surface area contributed by atoms with Gasteiger partial charge in [0.1, 0.15) is 5.60 Å². The summed E-state index contributed by atoms with van der Waals surface area (Å²) in [6.07, 6.45) is 5.01. The molecule has 4 heteroatoms. The fourth-order valence-corrected chi connectivity index (χ4v) is 2.60. The van der Waals surface area contributed by atoms with Crippen LogP contribution in [0.1, 0.15) is 46.0 Å². The Balaban J connectivity index is 2.34. The average molecular weight is 262 g/mol. The lowest BCUT2D eigenvalue weighted by Gasteiger charge is -2.24. The third-order valence-corrected chi connectivity index (χ3v) is 3.68. The molecule has 0 aromatic rings. The smallest absolute Gasteiger partial charge is 0.251 e. The Bertz CT molecular complexity index is 234. The first-order valence-corrected chi connectivity index (χ1v) is 7.14. The van der Waals surface area contributed by atoms with Crippen molar-refractivity contribution in [3.05, 3.63) is 0 Å². The van der Waals surface area contributed by atoms with E-state index in [0.717, 1.165) is 38.6 Å². The van der Waals surface area contributed by atoms with Crippen molar-refractivity contribution in [3.8, 4) is 0 Å². The number of halogens is 1. The van der Waals surface area contributed by atoms with E-state index in [0.29, 0.717) is 18.4 Å². The van der Waals surface area contributed by atoms with Crippen molar-refractivity contribution in [3.63, 3.8) is 0 Å². The molecule has 1 N–H and O–H groups in total. The fraction of sp³-hybridized carbons (Fsp3) is 0.923. The Morgan fingerprint density at radius 3 is 2.82 bits per heavy atom. The maximum absolute atomic E-state index is 12.0. The summed E-state index contributed by atoms with van der Waals surface area (Å²) in [7, 11) is 0. The summed E-state index contributed by atoms with van der Waals surface area (Å²) in [6.45, 7) is 5.46. The van der Waals surface area contributed by atoms with Crippen LogP contribution in [0.15, 0.2) is 0 Å². The number of hydrogen-bond donors (Lipinski definition) is 1. The predicted octanol–water partition coefficient (Wildman–Crippen LogP) is 2.72. The molecule has 17 heavy (non-hydrogen) atoms. The molecular weight excluding hydrogens is 238 g/mol. The summed E-state index contributed by atoms with van der Waals surface area (Å²) in [6, 6.07) is 0. The molecule has 100 valence electrons. The molecule has 3 nitrogen and oxygen atoms in total. The molecule has 2 unspecified atom stereocenters. The Morgan fingerprint density at radius 2 is 2.29 bits per heavy atom. The largest absolute Gasteiger partial charge is 0.365 e. The van der Waals surface area contributed by atoms with E-state index in [-0.39, 0.29) is 5.91 Å². The maximum atomic E-state index is 12.0. The van der Waals surface area contributed by atoms with Crippen LogP contribution in [0.5, 0.6) is 0 Å². The minimum atomic E-state index is -0.599. The Hall–Kier alpha value is -0.280. The van der Waals surface area contributed by atoms with E-state index in [2.05, 4.69) is 12.2 Å².